The molecule has 2 fully saturated rings. The number of hydrogen-bond acceptors (Lipinski definition) is 24. The monoisotopic (exact) mass is 1870 g/mol. The van der Waals surface area contributed by atoms with Gasteiger partial charge in [0.05, 0.1) is 18.9 Å². The number of aromatic amines is 2. The third kappa shape index (κ3) is 34.4. The largest absolute Gasteiger partial charge is 0.481 e. The van der Waals surface area contributed by atoms with Crippen LogP contribution in [0.3, 0.4) is 0 Å². The minimum Gasteiger partial charge on any atom is -0.481 e. The molecule has 0 radical (unpaired) electrons. The van der Waals surface area contributed by atoms with E-state index in [-0.39, 0.29) is 114 Å². The van der Waals surface area contributed by atoms with Crippen molar-refractivity contribution in [3.8, 4) is 0 Å². The van der Waals surface area contributed by atoms with Gasteiger partial charge in [-0.2, -0.15) is 11.8 Å². The number of carbonyl (C=O) groups excluding carboxylic acids is 16. The number of aliphatic hydroxyl groups is 1. The number of aromatic nitrogens is 3. The number of guanidine groups is 1. The van der Waals surface area contributed by atoms with Crippen LogP contribution in [0.25, 0.3) is 10.9 Å². The number of nitrogens with two attached hydrogens (primary N) is 4. The summed E-state index contributed by atoms with van der Waals surface area (Å²) >= 11 is 1.39. The lowest BCUT2D eigenvalue weighted by atomic mass is 9.99. The molecule has 2 aliphatic rings. The van der Waals surface area contributed by atoms with E-state index in [1.807, 2.05) is 0 Å². The maximum absolute atomic E-state index is 15.6. The van der Waals surface area contributed by atoms with Gasteiger partial charge in [-0.15, -0.1) is 0 Å². The molecular formula is C85H129N23O19S3. The number of nitrogens with zero attached hydrogens (tertiary/aromatic N) is 3. The Morgan fingerprint density at radius 1 is 0.608 bits per heavy atom. The highest BCUT2D eigenvalue weighted by atomic mass is 33.1. The Morgan fingerprint density at radius 2 is 1.20 bits per heavy atom. The van der Waals surface area contributed by atoms with Crippen LogP contribution in [0.1, 0.15) is 150 Å². The summed E-state index contributed by atoms with van der Waals surface area (Å²) in [6.07, 6.45) is 2.96. The topological polar surface area (TPSA) is 663 Å². The number of carboxylic acids is 1. The number of rotatable bonds is 39. The van der Waals surface area contributed by atoms with Gasteiger partial charge in [0.15, 0.2) is 5.96 Å². The van der Waals surface area contributed by atoms with E-state index in [1.54, 1.807) is 109 Å². The fourth-order valence-electron chi connectivity index (χ4n) is 14.5. The van der Waals surface area contributed by atoms with E-state index in [9.17, 15) is 53.4 Å². The van der Waals surface area contributed by atoms with E-state index >= 15 is 38.4 Å². The summed E-state index contributed by atoms with van der Waals surface area (Å²) in [5.41, 5.74) is 25.1. The lowest BCUT2D eigenvalue weighted by Crippen LogP contribution is -2.63. The Morgan fingerprint density at radius 3 is 1.82 bits per heavy atom. The number of thioether (sulfide) groups is 1. The standard InChI is InChI=1S/C85H129N23O19S3/c1-43(2)33-61-84(127)108-31-20-27-64(108)79(122)100-59(36-51-39-90-42-93-51)74(117)102-62(77(120)97-56(26-19-30-91-85(88)89)72(115)104-66(44(3)4)80(123)95-54(70(87)113)28-32-128-11)40-129-130-41-63(103-81(124)67(45(5)6)105-76(119)60(37-65(111)112)99-73(116)57(94-48(10)110)34-49-21-13-12-14-22-49)78(121)96-55(25-17-18-29-86)71(114)98-58(35-50-38-92-53-24-16-15-23-52(50)53)75(118)106-68(46(7)8)82(125)107-69(47(9)109)83(126)101-61/h12-16,21-24,38-39,42-47,54-64,66-69,92,109H,17-20,25-37,40-41,86H2,1-11H3,(H2,87,113)(H,90,93)(H,94,110)(H,95,123)(H,96,121)(H,97,120)(H,98,114)(H,99,116)(H,100,122)(H,101,126)(H,102,117)(H,103,124)(H,104,115)(H,105,119)(H,106,118)(H,107,125)(H,111,112)(H4,88,89,91)/t47-,54+,55+,56+,57+,58+,59+,60+,61+,62+,63+,64+,66+,67+,68+,69+/m1/s1. The normalized spacial score (nSPS) is 21.4. The van der Waals surface area contributed by atoms with E-state index in [0.717, 1.165) is 28.5 Å². The van der Waals surface area contributed by atoms with Crippen molar-refractivity contribution < 1.29 is 91.7 Å². The molecular weight excluding hydrogens is 1740 g/mol. The number of hydrogen-bond donors (Lipinski definition) is 22. The Bertz CT molecular complexity index is 4560. The van der Waals surface area contributed by atoms with Gasteiger partial charge in [0.1, 0.15) is 90.6 Å². The molecule has 16 atom stereocenters. The molecule has 0 unspecified atom stereocenters. The van der Waals surface area contributed by atoms with Crippen LogP contribution in [0.15, 0.2) is 78.3 Å². The van der Waals surface area contributed by atoms with Gasteiger partial charge >= 0.3 is 5.97 Å². The third-order valence-corrected chi connectivity index (χ3v) is 24.6. The van der Waals surface area contributed by atoms with Crippen LogP contribution < -0.4 is 97.4 Å². The van der Waals surface area contributed by atoms with Crippen LogP contribution in [0, 0.1) is 23.7 Å². The SMILES string of the molecule is CSCC[C@H](NC(=O)[C@@H](NC(=O)[C@H](CCCN=C(N)N)NC(=O)[C@@H]1CSSC[C@H](NC(=O)[C@@H](NC(=O)[C@H](CC(=O)O)NC(=O)[C@H](Cc2ccccc2)NC(C)=O)C(C)C)C(=O)N[C@@H](CCCCN)C(=O)N[C@@H](Cc2c[nH]c3ccccc23)C(=O)N[C@@H](C(C)C)C(=O)N[C@@H]([C@@H](C)O)C(=O)N[C@@H](CC(C)C)C(=O)N2CCC[C@H]2C(=O)N[C@@H](Cc2cnc[nH]2)C(=O)N1)C(C)C)C(N)=O. The van der Waals surface area contributed by atoms with Crippen molar-refractivity contribution in [2.75, 3.05) is 43.1 Å². The third-order valence-electron chi connectivity index (χ3n) is 21.5. The molecule has 2 aromatic carbocycles. The summed E-state index contributed by atoms with van der Waals surface area (Å²) in [7, 11) is 1.59. The van der Waals surface area contributed by atoms with Crippen LogP contribution in [0.5, 0.6) is 0 Å². The van der Waals surface area contributed by atoms with Crippen molar-refractivity contribution >= 4 is 151 Å². The number of amides is 16. The molecule has 4 heterocycles. The number of H-pyrrole nitrogens is 2. The second kappa shape index (κ2) is 53.5. The maximum atomic E-state index is 15.6. The lowest BCUT2D eigenvalue weighted by molar-refractivity contribution is -0.143. The molecule has 26 N–H and O–H groups in total. The first-order valence-corrected chi connectivity index (χ1v) is 47.3. The number of carboxylic acid groups (broad SMARTS) is 1. The highest BCUT2D eigenvalue weighted by molar-refractivity contribution is 8.76. The fraction of sp³-hybridized carbons (Fsp3) is 0.588. The molecule has 2 aliphatic heterocycles. The van der Waals surface area contributed by atoms with E-state index in [4.69, 9.17) is 22.9 Å². The lowest BCUT2D eigenvalue weighted by Gasteiger charge is -2.32. The van der Waals surface area contributed by atoms with Crippen molar-refractivity contribution in [3.63, 3.8) is 0 Å². The number of carbonyl (C=O) groups is 17. The number of benzene rings is 2. The van der Waals surface area contributed by atoms with Crippen LogP contribution in [-0.4, -0.2) is 276 Å². The predicted octanol–water partition coefficient (Wildman–Crippen LogP) is -2.60. The molecule has 0 bridgehead atoms. The van der Waals surface area contributed by atoms with Gasteiger partial charge in [-0.3, -0.25) is 86.5 Å². The number of imidazole rings is 1. The van der Waals surface area contributed by atoms with E-state index in [0.29, 0.717) is 27.8 Å². The minimum atomic E-state index is -1.90. The van der Waals surface area contributed by atoms with Crippen molar-refractivity contribution in [2.24, 2.45) is 51.6 Å². The van der Waals surface area contributed by atoms with Crippen molar-refractivity contribution in [1.82, 2.24) is 94.3 Å². The molecule has 2 saturated heterocycles. The second-order valence-corrected chi connectivity index (χ2v) is 37.2. The number of aliphatic imine (C=N–C) groups is 1. The van der Waals surface area contributed by atoms with Gasteiger partial charge < -0.3 is 122 Å². The molecule has 0 saturated carbocycles. The predicted molar refractivity (Wildman–Crippen MR) is 490 cm³/mol. The summed E-state index contributed by atoms with van der Waals surface area (Å²) in [6.45, 7) is 15.2. The molecule has 6 rings (SSSR count). The number of aliphatic carboxylic acids is 1. The van der Waals surface area contributed by atoms with Crippen molar-refractivity contribution in [2.45, 2.75) is 249 Å². The van der Waals surface area contributed by atoms with Gasteiger partial charge in [0.25, 0.3) is 0 Å². The summed E-state index contributed by atoms with van der Waals surface area (Å²) in [6, 6.07) is -8.06. The van der Waals surface area contributed by atoms with E-state index < -0.39 is 233 Å². The Balaban J connectivity index is 1.54. The minimum absolute atomic E-state index is 0.000244. The molecule has 2 aromatic heterocycles. The number of nitrogens with one attached hydrogen (secondary N) is 16. The van der Waals surface area contributed by atoms with Gasteiger partial charge in [-0.1, -0.05) is 126 Å². The average Bonchev–Trinajstić information content (AvgIpc) is 1.65. The molecule has 45 heteroatoms. The van der Waals surface area contributed by atoms with Gasteiger partial charge in [-0.05, 0) is 124 Å². The summed E-state index contributed by atoms with van der Waals surface area (Å²) in [5.74, 6) is -20.5. The Labute approximate surface area is 766 Å². The van der Waals surface area contributed by atoms with Crippen LogP contribution in [-0.2, 0) is 101 Å². The van der Waals surface area contributed by atoms with Crippen LogP contribution in [0.2, 0.25) is 0 Å². The van der Waals surface area contributed by atoms with Crippen molar-refractivity contribution in [1.29, 1.82) is 0 Å². The smallest absolute Gasteiger partial charge is 0.305 e. The summed E-state index contributed by atoms with van der Waals surface area (Å²) in [5, 5.41) is 59.2. The van der Waals surface area contributed by atoms with Crippen LogP contribution in [0.4, 0.5) is 0 Å². The number of unbranched alkanes of at least 4 members (excludes halogenated alkanes) is 1. The van der Waals surface area contributed by atoms with E-state index in [1.165, 1.54) is 50.0 Å². The van der Waals surface area contributed by atoms with Crippen LogP contribution >= 0.6 is 33.3 Å². The highest BCUT2D eigenvalue weighted by Crippen LogP contribution is 2.27. The highest BCUT2D eigenvalue weighted by Gasteiger charge is 2.44. The Kier molecular flexibility index (Phi) is 44.1. The molecule has 0 aliphatic carbocycles. The number of aliphatic hydroxyl groups excluding tert-OH is 1. The van der Waals surface area contributed by atoms with Gasteiger partial charge in [0, 0.05) is 79.8 Å². The second-order valence-electron chi connectivity index (χ2n) is 33.7. The first-order valence-electron chi connectivity index (χ1n) is 43.4. The number of primary amides is 1. The average molecular weight is 1870 g/mol. The van der Waals surface area contributed by atoms with E-state index in [2.05, 4.69) is 94.4 Å². The first kappa shape index (κ1) is 107. The molecule has 42 nitrogen and oxygen atoms in total. The summed E-state index contributed by atoms with van der Waals surface area (Å²) < 4.78 is 0. The quantitative estimate of drug-likeness (QED) is 0.00943. The molecule has 130 heavy (non-hydrogen) atoms. The summed E-state index contributed by atoms with van der Waals surface area (Å²) in [4.78, 5) is 263. The Hall–Kier alpha value is -11.6. The van der Waals surface area contributed by atoms with Gasteiger partial charge in [-0.25, -0.2) is 4.98 Å². The zero-order valence-electron chi connectivity index (χ0n) is 75.1. The zero-order chi connectivity index (χ0) is 96.2. The van der Waals surface area contributed by atoms with Gasteiger partial charge in [0.2, 0.25) is 94.5 Å². The fourth-order valence-corrected chi connectivity index (χ4v) is 17.3. The molecule has 0 spiro atoms. The maximum Gasteiger partial charge on any atom is 0.305 e. The first-order chi connectivity index (χ1) is 61.6. The molecule has 4 aromatic rings. The number of para-hydroxylation sites is 1. The van der Waals surface area contributed by atoms with Crippen molar-refractivity contribution in [3.05, 3.63) is 90.1 Å². The molecule has 16 amide bonds. The number of fused-ring (bicyclic) bond motifs is 2. The zero-order valence-corrected chi connectivity index (χ0v) is 77.6. The molecule has 716 valence electrons.